The zero-order chi connectivity index (χ0) is 13.7. The Balaban J connectivity index is 1.98. The number of carbonyl (C=O) groups excluding carboxylic acids is 2. The van der Waals surface area contributed by atoms with Crippen LogP contribution in [0, 0.1) is 0 Å². The second-order valence-electron chi connectivity index (χ2n) is 5.42. The largest absolute Gasteiger partial charge is 0.340 e. The normalized spacial score (nSPS) is 24.4. The highest BCUT2D eigenvalue weighted by Crippen LogP contribution is 2.21. The molecule has 2 aliphatic rings. The lowest BCUT2D eigenvalue weighted by molar-refractivity contribution is -0.143. The van der Waals surface area contributed by atoms with Crippen molar-refractivity contribution in [3.8, 4) is 0 Å². The summed E-state index contributed by atoms with van der Waals surface area (Å²) < 4.78 is 0. The highest BCUT2D eigenvalue weighted by Gasteiger charge is 2.35. The summed E-state index contributed by atoms with van der Waals surface area (Å²) in [6, 6.07) is -0.197. The van der Waals surface area contributed by atoms with Gasteiger partial charge in [-0.2, -0.15) is 0 Å². The number of carbonyl (C=O) groups is 2. The number of rotatable bonds is 3. The third-order valence-electron chi connectivity index (χ3n) is 3.97. The number of hydrogen-bond acceptors (Lipinski definition) is 3. The lowest BCUT2D eigenvalue weighted by Gasteiger charge is -2.29. The maximum atomic E-state index is 12.6. The summed E-state index contributed by atoms with van der Waals surface area (Å²) in [5.41, 5.74) is 0. The Morgan fingerprint density at radius 1 is 1.16 bits per heavy atom. The van der Waals surface area contributed by atoms with Gasteiger partial charge in [0.25, 0.3) is 0 Å². The molecule has 0 aromatic rings. The molecular formula is C14H25N3O2. The van der Waals surface area contributed by atoms with Crippen LogP contribution in [0.25, 0.3) is 0 Å². The van der Waals surface area contributed by atoms with Crippen molar-refractivity contribution in [1.29, 1.82) is 0 Å². The van der Waals surface area contributed by atoms with E-state index in [1.165, 1.54) is 0 Å². The molecule has 5 heteroatoms. The Morgan fingerprint density at radius 2 is 2.00 bits per heavy atom. The number of nitrogens with zero attached hydrogens (tertiary/aromatic N) is 2. The van der Waals surface area contributed by atoms with Crippen molar-refractivity contribution < 1.29 is 9.59 Å². The predicted molar refractivity (Wildman–Crippen MR) is 73.7 cm³/mol. The van der Waals surface area contributed by atoms with Crippen LogP contribution in [0.2, 0.25) is 0 Å². The van der Waals surface area contributed by atoms with Crippen LogP contribution in [0.5, 0.6) is 0 Å². The zero-order valence-corrected chi connectivity index (χ0v) is 11.9. The first kappa shape index (κ1) is 14.3. The average Bonchev–Trinajstić information content (AvgIpc) is 2.73. The van der Waals surface area contributed by atoms with Gasteiger partial charge in [-0.25, -0.2) is 0 Å². The van der Waals surface area contributed by atoms with Crippen LogP contribution in [-0.4, -0.2) is 60.4 Å². The minimum atomic E-state index is -0.197. The van der Waals surface area contributed by atoms with Crippen molar-refractivity contribution in [2.45, 2.75) is 45.1 Å². The SMILES string of the molecule is CCCC(=O)N1CCCC1C(=O)N1CCCNCC1. The van der Waals surface area contributed by atoms with E-state index in [0.29, 0.717) is 6.42 Å². The van der Waals surface area contributed by atoms with Gasteiger partial charge in [0.2, 0.25) is 11.8 Å². The summed E-state index contributed by atoms with van der Waals surface area (Å²) in [7, 11) is 0. The lowest BCUT2D eigenvalue weighted by atomic mass is 10.1. The van der Waals surface area contributed by atoms with Crippen LogP contribution in [0.4, 0.5) is 0 Å². The first-order valence-electron chi connectivity index (χ1n) is 7.53. The molecule has 1 N–H and O–H groups in total. The Kier molecular flexibility index (Phi) is 5.19. The topological polar surface area (TPSA) is 52.7 Å². The maximum absolute atomic E-state index is 12.6. The van der Waals surface area contributed by atoms with Gasteiger partial charge < -0.3 is 15.1 Å². The fraction of sp³-hybridized carbons (Fsp3) is 0.857. The quantitative estimate of drug-likeness (QED) is 0.814. The molecule has 0 radical (unpaired) electrons. The number of hydrogen-bond donors (Lipinski definition) is 1. The average molecular weight is 267 g/mol. The molecule has 2 rings (SSSR count). The molecule has 1 unspecified atom stereocenters. The molecule has 108 valence electrons. The summed E-state index contributed by atoms with van der Waals surface area (Å²) in [5, 5.41) is 3.30. The Morgan fingerprint density at radius 3 is 2.79 bits per heavy atom. The third kappa shape index (κ3) is 3.47. The molecule has 0 aromatic heterocycles. The first-order valence-corrected chi connectivity index (χ1v) is 7.53. The fourth-order valence-corrected chi connectivity index (χ4v) is 2.96. The standard InChI is InChI=1S/C14H25N3O2/c1-2-5-13(18)17-10-3-6-12(17)14(19)16-9-4-7-15-8-11-16/h12,15H,2-11H2,1H3. The molecule has 5 nitrogen and oxygen atoms in total. The van der Waals surface area contributed by atoms with Crippen molar-refractivity contribution in [3.05, 3.63) is 0 Å². The van der Waals surface area contributed by atoms with Crippen LogP contribution in [-0.2, 0) is 9.59 Å². The number of nitrogens with one attached hydrogen (secondary N) is 1. The van der Waals surface area contributed by atoms with Gasteiger partial charge in [-0.05, 0) is 32.2 Å². The molecule has 0 bridgehead atoms. The van der Waals surface area contributed by atoms with Crippen LogP contribution < -0.4 is 5.32 Å². The summed E-state index contributed by atoms with van der Waals surface area (Å²) in [6.45, 7) is 6.18. The van der Waals surface area contributed by atoms with Crippen LogP contribution >= 0.6 is 0 Å². The summed E-state index contributed by atoms with van der Waals surface area (Å²) >= 11 is 0. The van der Waals surface area contributed by atoms with Crippen molar-refractivity contribution >= 4 is 11.8 Å². The molecule has 19 heavy (non-hydrogen) atoms. The minimum absolute atomic E-state index is 0.145. The van der Waals surface area contributed by atoms with Crippen LogP contribution in [0.15, 0.2) is 0 Å². The summed E-state index contributed by atoms with van der Waals surface area (Å²) in [4.78, 5) is 28.4. The van der Waals surface area contributed by atoms with Crippen LogP contribution in [0.1, 0.15) is 39.0 Å². The van der Waals surface area contributed by atoms with E-state index in [-0.39, 0.29) is 17.9 Å². The van der Waals surface area contributed by atoms with Crippen molar-refractivity contribution in [2.24, 2.45) is 0 Å². The second-order valence-corrected chi connectivity index (χ2v) is 5.42. The Bertz CT molecular complexity index is 325. The molecule has 0 spiro atoms. The third-order valence-corrected chi connectivity index (χ3v) is 3.97. The van der Waals surface area contributed by atoms with E-state index in [1.54, 1.807) is 0 Å². The van der Waals surface area contributed by atoms with Crippen molar-refractivity contribution in [2.75, 3.05) is 32.7 Å². The van der Waals surface area contributed by atoms with Gasteiger partial charge in [0.15, 0.2) is 0 Å². The molecular weight excluding hydrogens is 242 g/mol. The molecule has 0 aliphatic carbocycles. The molecule has 2 fully saturated rings. The molecule has 2 amide bonds. The van der Waals surface area contributed by atoms with E-state index in [9.17, 15) is 9.59 Å². The molecule has 2 saturated heterocycles. The van der Waals surface area contributed by atoms with Gasteiger partial charge >= 0.3 is 0 Å². The molecule has 0 aromatic carbocycles. The van der Waals surface area contributed by atoms with Gasteiger partial charge in [-0.1, -0.05) is 6.92 Å². The smallest absolute Gasteiger partial charge is 0.245 e. The van der Waals surface area contributed by atoms with E-state index in [1.807, 2.05) is 16.7 Å². The number of likely N-dealkylation sites (tertiary alicyclic amines) is 1. The minimum Gasteiger partial charge on any atom is -0.340 e. The van der Waals surface area contributed by atoms with E-state index in [4.69, 9.17) is 0 Å². The van der Waals surface area contributed by atoms with Crippen molar-refractivity contribution in [1.82, 2.24) is 15.1 Å². The van der Waals surface area contributed by atoms with Gasteiger partial charge in [0.1, 0.15) is 6.04 Å². The Hall–Kier alpha value is -1.10. The maximum Gasteiger partial charge on any atom is 0.245 e. The molecule has 1 atom stereocenters. The van der Waals surface area contributed by atoms with E-state index in [2.05, 4.69) is 5.32 Å². The fourth-order valence-electron chi connectivity index (χ4n) is 2.96. The van der Waals surface area contributed by atoms with E-state index in [0.717, 1.165) is 58.4 Å². The first-order chi connectivity index (χ1) is 9.24. The molecule has 0 saturated carbocycles. The van der Waals surface area contributed by atoms with Gasteiger partial charge in [-0.15, -0.1) is 0 Å². The van der Waals surface area contributed by atoms with E-state index >= 15 is 0 Å². The lowest BCUT2D eigenvalue weighted by Crippen LogP contribution is -2.48. The summed E-state index contributed by atoms with van der Waals surface area (Å²) in [5.74, 6) is 0.303. The highest BCUT2D eigenvalue weighted by atomic mass is 16.2. The molecule has 2 heterocycles. The second kappa shape index (κ2) is 6.89. The van der Waals surface area contributed by atoms with Crippen LogP contribution in [0.3, 0.4) is 0 Å². The van der Waals surface area contributed by atoms with Gasteiger partial charge in [0, 0.05) is 32.6 Å². The predicted octanol–water partition coefficient (Wildman–Crippen LogP) is 0.599. The van der Waals surface area contributed by atoms with Gasteiger partial charge in [0.05, 0.1) is 0 Å². The van der Waals surface area contributed by atoms with Crippen molar-refractivity contribution in [3.63, 3.8) is 0 Å². The number of amides is 2. The molecule has 2 aliphatic heterocycles. The zero-order valence-electron chi connectivity index (χ0n) is 11.9. The van der Waals surface area contributed by atoms with Gasteiger partial charge in [-0.3, -0.25) is 9.59 Å². The van der Waals surface area contributed by atoms with E-state index < -0.39 is 0 Å². The summed E-state index contributed by atoms with van der Waals surface area (Å²) in [6.07, 6.45) is 4.20. The highest BCUT2D eigenvalue weighted by molar-refractivity contribution is 5.88. The monoisotopic (exact) mass is 267 g/mol. The Labute approximate surface area is 115 Å².